The van der Waals surface area contributed by atoms with Crippen LogP contribution in [0.2, 0.25) is 0 Å². The summed E-state index contributed by atoms with van der Waals surface area (Å²) in [6.45, 7) is -1.08. The van der Waals surface area contributed by atoms with Crippen LogP contribution in [-0.4, -0.2) is 34.0 Å². The van der Waals surface area contributed by atoms with Crippen LogP contribution in [0.4, 0.5) is 8.78 Å². The Bertz CT molecular complexity index is 1130. The number of alkyl halides is 2. The van der Waals surface area contributed by atoms with E-state index in [9.17, 15) is 13.6 Å². The van der Waals surface area contributed by atoms with Gasteiger partial charge in [-0.15, -0.1) is 6.42 Å². The summed E-state index contributed by atoms with van der Waals surface area (Å²) in [5.41, 5.74) is 2.44. The van der Waals surface area contributed by atoms with Crippen molar-refractivity contribution in [1.29, 1.82) is 0 Å². The molecule has 1 aliphatic heterocycles. The molecule has 2 heterocycles. The molecule has 3 aromatic rings. The largest absolute Gasteiger partial charge is 0.433 e. The fourth-order valence-corrected chi connectivity index (χ4v) is 3.72. The first-order valence-corrected chi connectivity index (χ1v) is 8.80. The number of hydrogen-bond donors (Lipinski definition) is 0. The van der Waals surface area contributed by atoms with E-state index in [-0.39, 0.29) is 28.9 Å². The average molecular weight is 381 g/mol. The van der Waals surface area contributed by atoms with E-state index in [0.717, 1.165) is 0 Å². The van der Waals surface area contributed by atoms with E-state index in [1.165, 1.54) is 12.1 Å². The van der Waals surface area contributed by atoms with Crippen LogP contribution in [0.15, 0.2) is 36.4 Å². The summed E-state index contributed by atoms with van der Waals surface area (Å²) in [5, 5.41) is 0. The van der Waals surface area contributed by atoms with Gasteiger partial charge in [-0.1, -0.05) is 18.9 Å². The number of imidazole rings is 1. The van der Waals surface area contributed by atoms with E-state index < -0.39 is 6.61 Å². The minimum Gasteiger partial charge on any atom is -0.433 e. The van der Waals surface area contributed by atoms with Crippen molar-refractivity contribution < 1.29 is 18.3 Å². The molecule has 1 unspecified atom stereocenters. The van der Waals surface area contributed by atoms with Crippen molar-refractivity contribution in [1.82, 2.24) is 14.5 Å². The molecule has 142 valence electrons. The topological polar surface area (TPSA) is 47.4 Å². The fourth-order valence-electron chi connectivity index (χ4n) is 3.72. The molecule has 1 aliphatic rings. The number of carbonyl (C=O) groups excluding carboxylic acids is 1. The molecule has 0 bridgehead atoms. The maximum atomic E-state index is 13.1. The first kappa shape index (κ1) is 18.0. The first-order valence-electron chi connectivity index (χ1n) is 8.80. The fraction of sp³-hybridized carbons (Fsp3) is 0.238. The summed E-state index contributed by atoms with van der Waals surface area (Å²) in [6.07, 6.45) is 6.14. The number of hydrogen-bond acceptors (Lipinski definition) is 3. The molecule has 0 saturated heterocycles. The van der Waals surface area contributed by atoms with Crippen LogP contribution >= 0.6 is 0 Å². The lowest BCUT2D eigenvalue weighted by atomic mass is 10.1. The minimum atomic E-state index is -3.02. The third-order valence-corrected chi connectivity index (χ3v) is 4.99. The van der Waals surface area contributed by atoms with Crippen molar-refractivity contribution in [2.24, 2.45) is 0 Å². The Morgan fingerprint density at radius 2 is 2.11 bits per heavy atom. The van der Waals surface area contributed by atoms with Gasteiger partial charge in [-0.3, -0.25) is 9.36 Å². The van der Waals surface area contributed by atoms with Crippen molar-refractivity contribution in [2.75, 3.05) is 7.05 Å². The van der Waals surface area contributed by atoms with Crippen molar-refractivity contribution in [3.05, 3.63) is 53.3 Å². The summed E-state index contributed by atoms with van der Waals surface area (Å²) in [7, 11) is 1.68. The smallest absolute Gasteiger partial charge is 0.387 e. The molecule has 0 saturated carbocycles. The van der Waals surface area contributed by atoms with E-state index in [0.29, 0.717) is 28.8 Å². The van der Waals surface area contributed by atoms with E-state index >= 15 is 0 Å². The maximum Gasteiger partial charge on any atom is 0.387 e. The normalized spacial score (nSPS) is 15.9. The highest BCUT2D eigenvalue weighted by atomic mass is 19.3. The zero-order valence-electron chi connectivity index (χ0n) is 15.3. The number of halogens is 2. The first-order chi connectivity index (χ1) is 13.5. The van der Waals surface area contributed by atoms with Gasteiger partial charge in [0.15, 0.2) is 5.75 Å². The molecule has 1 amide bonds. The van der Waals surface area contributed by atoms with E-state index in [2.05, 4.69) is 5.92 Å². The summed E-state index contributed by atoms with van der Waals surface area (Å²) < 4.78 is 32.6. The Labute approximate surface area is 160 Å². The predicted octanol–water partition coefficient (Wildman–Crippen LogP) is 4.14. The van der Waals surface area contributed by atoms with Crippen LogP contribution in [0.5, 0.6) is 5.75 Å². The van der Waals surface area contributed by atoms with Gasteiger partial charge in [0.2, 0.25) is 0 Å². The van der Waals surface area contributed by atoms with Crippen molar-refractivity contribution >= 4 is 16.9 Å². The van der Waals surface area contributed by atoms with Gasteiger partial charge in [-0.05, 0) is 36.8 Å². The van der Waals surface area contributed by atoms with Gasteiger partial charge in [0.25, 0.3) is 5.91 Å². The second-order valence-corrected chi connectivity index (χ2v) is 6.52. The number of terminal acetylenes is 1. The van der Waals surface area contributed by atoms with Crippen LogP contribution in [0, 0.1) is 12.3 Å². The zero-order chi connectivity index (χ0) is 20.0. The Morgan fingerprint density at radius 1 is 1.32 bits per heavy atom. The second kappa shape index (κ2) is 6.64. The minimum absolute atomic E-state index is 0.0855. The number of aromatic nitrogens is 2. The Balaban J connectivity index is 2.15. The lowest BCUT2D eigenvalue weighted by Crippen LogP contribution is -2.30. The molecular formula is C21H17F2N3O2. The third kappa shape index (κ3) is 2.61. The molecule has 0 radical (unpaired) electrons. The molecule has 1 atom stereocenters. The van der Waals surface area contributed by atoms with Crippen LogP contribution in [0.3, 0.4) is 0 Å². The number of para-hydroxylation sites is 1. The van der Waals surface area contributed by atoms with Crippen LogP contribution in [0.1, 0.15) is 41.1 Å². The molecular weight excluding hydrogens is 364 g/mol. The lowest BCUT2D eigenvalue weighted by molar-refractivity contribution is -0.0498. The van der Waals surface area contributed by atoms with Crippen LogP contribution in [-0.2, 0) is 0 Å². The third-order valence-electron chi connectivity index (χ3n) is 4.99. The maximum absolute atomic E-state index is 13.1. The lowest BCUT2D eigenvalue weighted by Gasteiger charge is -2.24. The predicted molar refractivity (Wildman–Crippen MR) is 101 cm³/mol. The average Bonchev–Trinajstić information content (AvgIpc) is 3.01. The van der Waals surface area contributed by atoms with Gasteiger partial charge >= 0.3 is 6.61 Å². The van der Waals surface area contributed by atoms with E-state index in [1.807, 2.05) is 6.92 Å². The molecule has 4 rings (SSSR count). The number of fused-ring (bicyclic) bond motifs is 5. The molecule has 0 fully saturated rings. The standard InChI is InChI=1S/C21H17F2N3O2/c1-4-12-9-10-14-16(11-12)26-18-13(7-6-8-17(18)28-21(22)23)20(27)25(3)15(5-2)19(26)24-14/h1,6-11,15,21H,5H2,2-3H3. The number of benzene rings is 2. The van der Waals surface area contributed by atoms with Gasteiger partial charge in [0, 0.05) is 12.6 Å². The molecule has 7 heteroatoms. The number of rotatable bonds is 3. The Hall–Kier alpha value is -3.40. The molecule has 0 spiro atoms. The molecule has 2 aromatic carbocycles. The van der Waals surface area contributed by atoms with Gasteiger partial charge < -0.3 is 9.64 Å². The van der Waals surface area contributed by atoms with Crippen LogP contribution in [0.25, 0.3) is 16.7 Å². The summed E-state index contributed by atoms with van der Waals surface area (Å²) in [6, 6.07) is 9.54. The Morgan fingerprint density at radius 3 is 2.79 bits per heavy atom. The van der Waals surface area contributed by atoms with Gasteiger partial charge in [-0.2, -0.15) is 8.78 Å². The zero-order valence-corrected chi connectivity index (χ0v) is 15.3. The van der Waals surface area contributed by atoms with Gasteiger partial charge in [0.1, 0.15) is 11.5 Å². The monoisotopic (exact) mass is 381 g/mol. The number of carbonyl (C=O) groups is 1. The van der Waals surface area contributed by atoms with Gasteiger partial charge in [-0.25, -0.2) is 4.98 Å². The summed E-state index contributed by atoms with van der Waals surface area (Å²) >= 11 is 0. The molecule has 0 aliphatic carbocycles. The van der Waals surface area contributed by atoms with E-state index in [4.69, 9.17) is 16.1 Å². The van der Waals surface area contributed by atoms with Crippen molar-refractivity contribution in [2.45, 2.75) is 26.0 Å². The number of ether oxygens (including phenoxy) is 1. The number of amides is 1. The van der Waals surface area contributed by atoms with Crippen LogP contribution < -0.4 is 4.74 Å². The Kier molecular flexibility index (Phi) is 4.27. The quantitative estimate of drug-likeness (QED) is 0.641. The van der Waals surface area contributed by atoms with E-state index in [1.54, 1.807) is 40.8 Å². The molecule has 28 heavy (non-hydrogen) atoms. The SMILES string of the molecule is C#Cc1ccc2nc3n(c2c1)-c1c(OC(F)F)cccc1C(=O)N(C)C3CC. The summed E-state index contributed by atoms with van der Waals surface area (Å²) in [4.78, 5) is 19.4. The second-order valence-electron chi connectivity index (χ2n) is 6.52. The molecule has 5 nitrogen and oxygen atoms in total. The number of nitrogens with zero attached hydrogens (tertiary/aromatic N) is 3. The van der Waals surface area contributed by atoms with Crippen molar-refractivity contribution in [3.63, 3.8) is 0 Å². The molecule has 0 N–H and O–H groups in total. The highest BCUT2D eigenvalue weighted by Crippen LogP contribution is 2.40. The molecule has 1 aromatic heterocycles. The summed E-state index contributed by atoms with van der Waals surface area (Å²) in [5.74, 6) is 2.78. The van der Waals surface area contributed by atoms with Gasteiger partial charge in [0.05, 0.1) is 22.6 Å². The highest BCUT2D eigenvalue weighted by Gasteiger charge is 2.35. The van der Waals surface area contributed by atoms with Crippen molar-refractivity contribution in [3.8, 4) is 23.8 Å². The highest BCUT2D eigenvalue weighted by molar-refractivity contribution is 6.00.